The molecule has 19 heavy (non-hydrogen) atoms. The summed E-state index contributed by atoms with van der Waals surface area (Å²) in [6.45, 7) is 4.51. The molecule has 0 aromatic rings. The topological polar surface area (TPSA) is 62.8 Å². The van der Waals surface area contributed by atoms with Crippen LogP contribution in [0.1, 0.15) is 19.8 Å². The van der Waals surface area contributed by atoms with E-state index in [0.29, 0.717) is 19.4 Å². The highest BCUT2D eigenvalue weighted by Crippen LogP contribution is 2.02. The maximum absolute atomic E-state index is 13.4. The second kappa shape index (κ2) is 10.2. The molecule has 7 heteroatoms. The number of nitrogens with two attached hydrogens (primary N) is 1. The Kier molecular flexibility index (Phi) is 9.20. The minimum Gasteiger partial charge on any atom is -0.402 e. The summed E-state index contributed by atoms with van der Waals surface area (Å²) in [5, 5.41) is 2.64. The highest BCUT2D eigenvalue weighted by molar-refractivity contribution is 5.96. The van der Waals surface area contributed by atoms with Crippen molar-refractivity contribution in [2.45, 2.75) is 26.2 Å². The van der Waals surface area contributed by atoms with E-state index in [1.807, 2.05) is 6.92 Å². The van der Waals surface area contributed by atoms with Gasteiger partial charge in [0.25, 0.3) is 6.43 Å². The van der Waals surface area contributed by atoms with Crippen LogP contribution in [0.2, 0.25) is 0 Å². The first-order chi connectivity index (χ1) is 9.01. The van der Waals surface area contributed by atoms with E-state index in [9.17, 15) is 13.2 Å². The molecule has 0 saturated heterocycles. The van der Waals surface area contributed by atoms with Gasteiger partial charge in [0.05, 0.1) is 6.20 Å². The first kappa shape index (κ1) is 17.2. The Hall–Kier alpha value is -1.79. The van der Waals surface area contributed by atoms with Crippen molar-refractivity contribution in [1.29, 1.82) is 0 Å². The molecule has 0 aliphatic carbocycles. The summed E-state index contributed by atoms with van der Waals surface area (Å²) in [5.41, 5.74) is 6.31. The summed E-state index contributed by atoms with van der Waals surface area (Å²) < 4.78 is 37.5. The van der Waals surface area contributed by atoms with Crippen molar-refractivity contribution in [3.8, 4) is 0 Å². The Morgan fingerprint density at radius 1 is 1.47 bits per heavy atom. The summed E-state index contributed by atoms with van der Waals surface area (Å²) in [7, 11) is 0. The number of nitrogens with zero attached hydrogens (tertiary/aromatic N) is 2. The van der Waals surface area contributed by atoms with Gasteiger partial charge in [0, 0.05) is 12.2 Å². The van der Waals surface area contributed by atoms with Crippen LogP contribution in [-0.2, 0) is 0 Å². The van der Waals surface area contributed by atoms with E-state index < -0.39 is 18.8 Å². The van der Waals surface area contributed by atoms with E-state index in [-0.39, 0.29) is 5.84 Å². The lowest BCUT2D eigenvalue weighted by molar-refractivity contribution is 0.158. The molecule has 0 aromatic heterocycles. The van der Waals surface area contributed by atoms with Crippen LogP contribution in [0.5, 0.6) is 0 Å². The van der Waals surface area contributed by atoms with Gasteiger partial charge in [-0.1, -0.05) is 6.08 Å². The molecule has 0 aliphatic rings. The maximum atomic E-state index is 13.4. The second-order valence-corrected chi connectivity index (χ2v) is 3.63. The van der Waals surface area contributed by atoms with E-state index >= 15 is 0 Å². The zero-order valence-electron chi connectivity index (χ0n) is 10.9. The third kappa shape index (κ3) is 8.87. The van der Waals surface area contributed by atoms with Gasteiger partial charge >= 0.3 is 0 Å². The third-order valence-corrected chi connectivity index (χ3v) is 2.12. The number of amidine groups is 1. The molecule has 0 amide bonds. The fraction of sp³-hybridized carbons (Fsp3) is 0.500. The number of hydrogen-bond donors (Lipinski definition) is 2. The highest BCUT2D eigenvalue weighted by atomic mass is 19.3. The number of hydrogen-bond acceptors (Lipinski definition) is 3. The van der Waals surface area contributed by atoms with Crippen molar-refractivity contribution < 1.29 is 13.2 Å². The molecular weight excluding hydrogens is 257 g/mol. The zero-order chi connectivity index (χ0) is 14.7. The van der Waals surface area contributed by atoms with Crippen LogP contribution in [0.3, 0.4) is 0 Å². The molecule has 0 fully saturated rings. The molecule has 3 N–H and O–H groups in total. The summed E-state index contributed by atoms with van der Waals surface area (Å²) in [6.07, 6.45) is 1.24. The van der Waals surface area contributed by atoms with Crippen LogP contribution in [0.4, 0.5) is 13.2 Å². The fourth-order valence-electron chi connectivity index (χ4n) is 1.16. The number of alkyl halides is 2. The van der Waals surface area contributed by atoms with Crippen molar-refractivity contribution in [2.75, 3.05) is 13.1 Å². The summed E-state index contributed by atoms with van der Waals surface area (Å²) in [5.74, 6) is -1.07. The van der Waals surface area contributed by atoms with Crippen LogP contribution >= 0.6 is 0 Å². The molecule has 0 saturated carbocycles. The van der Waals surface area contributed by atoms with Gasteiger partial charge in [0.15, 0.2) is 11.7 Å². The average Bonchev–Trinajstić information content (AvgIpc) is 2.37. The van der Waals surface area contributed by atoms with Crippen molar-refractivity contribution in [1.82, 2.24) is 5.32 Å². The summed E-state index contributed by atoms with van der Waals surface area (Å²) in [6, 6.07) is 0. The van der Waals surface area contributed by atoms with Crippen LogP contribution in [-0.4, -0.2) is 32.1 Å². The number of halogens is 3. The van der Waals surface area contributed by atoms with Gasteiger partial charge in [-0.15, -0.1) is 0 Å². The van der Waals surface area contributed by atoms with Gasteiger partial charge in [0.2, 0.25) is 0 Å². The van der Waals surface area contributed by atoms with E-state index in [0.717, 1.165) is 11.9 Å². The predicted octanol–water partition coefficient (Wildman–Crippen LogP) is 2.39. The molecule has 0 aliphatic heterocycles. The molecule has 0 atom stereocenters. The predicted molar refractivity (Wildman–Crippen MR) is 72.2 cm³/mol. The molecule has 4 nitrogen and oxygen atoms in total. The van der Waals surface area contributed by atoms with E-state index in [1.54, 1.807) is 6.08 Å². The lowest BCUT2D eigenvalue weighted by Gasteiger charge is -2.08. The van der Waals surface area contributed by atoms with Crippen molar-refractivity contribution in [2.24, 2.45) is 15.7 Å². The number of allylic oxidation sites excluding steroid dienone is 2. The Morgan fingerprint density at radius 2 is 2.16 bits per heavy atom. The quantitative estimate of drug-likeness (QED) is 0.406. The maximum Gasteiger partial charge on any atom is 0.257 e. The third-order valence-electron chi connectivity index (χ3n) is 2.12. The monoisotopic (exact) mass is 276 g/mol. The van der Waals surface area contributed by atoms with Crippen molar-refractivity contribution in [3.05, 3.63) is 23.8 Å². The second-order valence-electron chi connectivity index (χ2n) is 3.63. The van der Waals surface area contributed by atoms with Gasteiger partial charge in [-0.25, -0.2) is 13.2 Å². The van der Waals surface area contributed by atoms with E-state index in [1.165, 1.54) is 0 Å². The highest BCUT2D eigenvalue weighted by Gasteiger charge is 2.08. The van der Waals surface area contributed by atoms with E-state index in [2.05, 4.69) is 22.0 Å². The van der Waals surface area contributed by atoms with Gasteiger partial charge in [-0.3, -0.25) is 9.98 Å². The van der Waals surface area contributed by atoms with Gasteiger partial charge < -0.3 is 11.1 Å². The Labute approximate surface area is 111 Å². The minimum atomic E-state index is -2.63. The van der Waals surface area contributed by atoms with Crippen LogP contribution < -0.4 is 11.1 Å². The first-order valence-electron chi connectivity index (χ1n) is 5.80. The zero-order valence-corrected chi connectivity index (χ0v) is 10.9. The van der Waals surface area contributed by atoms with Gasteiger partial charge in [-0.05, 0) is 26.5 Å². The molecule has 0 bridgehead atoms. The average molecular weight is 276 g/mol. The lowest BCUT2D eigenvalue weighted by Crippen LogP contribution is -2.26. The number of aliphatic imine (C=N–C) groups is 2. The standard InChI is InChI=1S/C12H19F3N4/c1-3-9(16)5-4-6-18-12(10(13)7-17-2)19-8-11(14)15/h3,7,11H,2,4-6,8,16H2,1H3,(H,18,19)/b9-3-,10-7+. The smallest absolute Gasteiger partial charge is 0.257 e. The summed E-state index contributed by atoms with van der Waals surface area (Å²) in [4.78, 5) is 6.69. The number of rotatable bonds is 8. The lowest BCUT2D eigenvalue weighted by atomic mass is 10.2. The molecular formula is C12H19F3N4. The largest absolute Gasteiger partial charge is 0.402 e. The molecule has 0 rings (SSSR count). The van der Waals surface area contributed by atoms with Crippen LogP contribution in [0.15, 0.2) is 33.8 Å². The number of nitrogens with one attached hydrogen (secondary N) is 1. The van der Waals surface area contributed by atoms with Crippen LogP contribution in [0, 0.1) is 0 Å². The van der Waals surface area contributed by atoms with Crippen molar-refractivity contribution >= 4 is 12.6 Å². The SMILES string of the molecule is C=N/C=C(/F)C(=NCC(F)F)NCCC/C(N)=C/C. The molecule has 0 aromatic carbocycles. The molecule has 0 heterocycles. The Bertz CT molecular complexity index is 362. The van der Waals surface area contributed by atoms with Gasteiger partial charge in [-0.2, -0.15) is 0 Å². The molecule has 0 spiro atoms. The summed E-state index contributed by atoms with van der Waals surface area (Å²) >= 11 is 0. The Morgan fingerprint density at radius 3 is 2.68 bits per heavy atom. The van der Waals surface area contributed by atoms with Gasteiger partial charge in [0.1, 0.15) is 6.54 Å². The first-order valence-corrected chi connectivity index (χ1v) is 5.80. The molecule has 0 radical (unpaired) electrons. The normalized spacial score (nSPS) is 13.8. The fourth-order valence-corrected chi connectivity index (χ4v) is 1.16. The molecule has 0 unspecified atom stereocenters. The van der Waals surface area contributed by atoms with Crippen molar-refractivity contribution in [3.63, 3.8) is 0 Å². The Balaban J connectivity index is 4.39. The minimum absolute atomic E-state index is 0.244. The van der Waals surface area contributed by atoms with E-state index in [4.69, 9.17) is 5.73 Å². The molecule has 108 valence electrons. The van der Waals surface area contributed by atoms with Crippen LogP contribution in [0.25, 0.3) is 0 Å².